The monoisotopic (exact) mass is 324 g/mol. The lowest BCUT2D eigenvalue weighted by Crippen LogP contribution is -2.47. The molecule has 128 valence electrons. The molecule has 0 unspecified atom stereocenters. The first-order valence-corrected chi connectivity index (χ1v) is 9.48. The van der Waals surface area contributed by atoms with Gasteiger partial charge in [-0.15, -0.1) is 12.3 Å². The van der Waals surface area contributed by atoms with Gasteiger partial charge < -0.3 is 10.2 Å². The van der Waals surface area contributed by atoms with E-state index in [4.69, 9.17) is 6.42 Å². The van der Waals surface area contributed by atoms with E-state index in [9.17, 15) is 10.2 Å². The zero-order chi connectivity index (χ0) is 16.9. The van der Waals surface area contributed by atoms with E-state index < -0.39 is 0 Å². The molecule has 2 nitrogen and oxygen atoms in total. The van der Waals surface area contributed by atoms with Crippen molar-refractivity contribution in [1.29, 1.82) is 0 Å². The minimum Gasteiger partial charge on any atom is -0.508 e. The van der Waals surface area contributed by atoms with Crippen LogP contribution in [-0.4, -0.2) is 16.3 Å². The van der Waals surface area contributed by atoms with E-state index in [0.717, 1.165) is 38.5 Å². The lowest BCUT2D eigenvalue weighted by molar-refractivity contribution is -0.0493. The van der Waals surface area contributed by atoms with Gasteiger partial charge in [-0.1, -0.05) is 13.0 Å². The summed E-state index contributed by atoms with van der Waals surface area (Å²) in [6, 6.07) is 5.95. The van der Waals surface area contributed by atoms with Crippen LogP contribution in [0.2, 0.25) is 0 Å². The minimum atomic E-state index is -0.155. The number of rotatable bonds is 2. The Morgan fingerprint density at radius 3 is 2.92 bits per heavy atom. The predicted molar refractivity (Wildman–Crippen MR) is 95.7 cm³/mol. The van der Waals surface area contributed by atoms with Gasteiger partial charge in [-0.3, -0.25) is 0 Å². The van der Waals surface area contributed by atoms with Crippen molar-refractivity contribution in [2.75, 3.05) is 0 Å². The van der Waals surface area contributed by atoms with Crippen LogP contribution in [0.1, 0.15) is 62.5 Å². The molecule has 0 amide bonds. The third-order valence-corrected chi connectivity index (χ3v) is 7.44. The molecule has 0 spiro atoms. The summed E-state index contributed by atoms with van der Waals surface area (Å²) < 4.78 is 0. The first-order valence-electron chi connectivity index (χ1n) is 9.48. The Balaban J connectivity index is 1.75. The Bertz CT molecular complexity index is 673. The molecule has 3 aliphatic carbocycles. The second kappa shape index (κ2) is 5.81. The van der Waals surface area contributed by atoms with Crippen LogP contribution in [0, 0.1) is 35.5 Å². The molecule has 2 fully saturated rings. The van der Waals surface area contributed by atoms with Crippen LogP contribution in [0.3, 0.4) is 0 Å². The molecule has 0 aliphatic heterocycles. The number of phenols is 1. The van der Waals surface area contributed by atoms with Gasteiger partial charge in [-0.05, 0) is 90.9 Å². The summed E-state index contributed by atoms with van der Waals surface area (Å²) in [6.45, 7) is 2.32. The number of aryl methyl sites for hydroxylation is 1. The Labute approximate surface area is 145 Å². The number of benzene rings is 1. The summed E-state index contributed by atoms with van der Waals surface area (Å²) in [6.07, 6.45) is 12.7. The number of hydrogen-bond donors (Lipinski definition) is 2. The number of terminal acetylenes is 1. The highest BCUT2D eigenvalue weighted by Crippen LogP contribution is 2.63. The van der Waals surface area contributed by atoms with Gasteiger partial charge in [0.05, 0.1) is 6.10 Å². The van der Waals surface area contributed by atoms with Crippen molar-refractivity contribution in [3.05, 3.63) is 29.3 Å². The molecular weight excluding hydrogens is 296 g/mol. The quantitative estimate of drug-likeness (QED) is 0.799. The minimum absolute atomic E-state index is 0.0643. The highest BCUT2D eigenvalue weighted by Gasteiger charge is 2.57. The van der Waals surface area contributed by atoms with Crippen molar-refractivity contribution in [2.24, 2.45) is 23.2 Å². The van der Waals surface area contributed by atoms with Gasteiger partial charge in [0.25, 0.3) is 0 Å². The number of fused-ring (bicyclic) bond motifs is 5. The van der Waals surface area contributed by atoms with Crippen LogP contribution >= 0.6 is 0 Å². The van der Waals surface area contributed by atoms with Crippen molar-refractivity contribution in [3.8, 4) is 18.1 Å². The fourth-order valence-electron chi connectivity index (χ4n) is 6.40. The van der Waals surface area contributed by atoms with Crippen LogP contribution in [0.15, 0.2) is 18.2 Å². The van der Waals surface area contributed by atoms with E-state index in [1.54, 1.807) is 0 Å². The fourth-order valence-corrected chi connectivity index (χ4v) is 6.40. The molecule has 0 aromatic heterocycles. The third-order valence-electron chi connectivity index (χ3n) is 7.44. The molecule has 0 saturated heterocycles. The molecule has 24 heavy (non-hydrogen) atoms. The number of aliphatic hydroxyl groups excluding tert-OH is 1. The average molecular weight is 324 g/mol. The van der Waals surface area contributed by atoms with Crippen molar-refractivity contribution < 1.29 is 10.2 Å². The standard InChI is InChI=1S/C22H28O2/c1-3-4-5-15-13-22(2)19(10-11-20(22)24)18-8-6-14-12-16(23)7-9-17(14)21(15)18/h1,7,9,12,15,18-21,23-24H,4-6,8,10-11,13H2,2H3/t15-,18-,19-,20-,21+,22-/m0/s1. The molecular formula is C22H28O2. The van der Waals surface area contributed by atoms with Crippen molar-refractivity contribution in [2.45, 2.75) is 63.9 Å². The van der Waals surface area contributed by atoms with E-state index in [1.807, 2.05) is 12.1 Å². The summed E-state index contributed by atoms with van der Waals surface area (Å²) >= 11 is 0. The maximum absolute atomic E-state index is 10.7. The molecule has 1 aromatic rings. The third kappa shape index (κ3) is 2.29. The van der Waals surface area contributed by atoms with Crippen LogP contribution in [0.25, 0.3) is 0 Å². The number of aromatic hydroxyl groups is 1. The van der Waals surface area contributed by atoms with Crippen LogP contribution in [0.4, 0.5) is 0 Å². The maximum Gasteiger partial charge on any atom is 0.115 e. The van der Waals surface area contributed by atoms with E-state index in [2.05, 4.69) is 18.9 Å². The van der Waals surface area contributed by atoms with Gasteiger partial charge in [0, 0.05) is 6.42 Å². The Morgan fingerprint density at radius 1 is 1.29 bits per heavy atom. The van der Waals surface area contributed by atoms with Gasteiger partial charge in [0.1, 0.15) is 5.75 Å². The molecule has 3 aliphatic rings. The van der Waals surface area contributed by atoms with Gasteiger partial charge in [-0.25, -0.2) is 0 Å². The van der Waals surface area contributed by atoms with E-state index in [0.29, 0.717) is 29.4 Å². The smallest absolute Gasteiger partial charge is 0.115 e. The predicted octanol–water partition coefficient (Wildman–Crippen LogP) is 4.25. The zero-order valence-corrected chi connectivity index (χ0v) is 14.5. The summed E-state index contributed by atoms with van der Waals surface area (Å²) in [7, 11) is 0. The second-order valence-corrected chi connectivity index (χ2v) is 8.52. The molecule has 0 radical (unpaired) electrons. The highest BCUT2D eigenvalue weighted by atomic mass is 16.3. The molecule has 2 N–H and O–H groups in total. The Morgan fingerprint density at radius 2 is 2.12 bits per heavy atom. The summed E-state index contributed by atoms with van der Waals surface area (Å²) in [5.41, 5.74) is 2.83. The average Bonchev–Trinajstić information content (AvgIpc) is 2.87. The largest absolute Gasteiger partial charge is 0.508 e. The van der Waals surface area contributed by atoms with Crippen LogP contribution in [-0.2, 0) is 6.42 Å². The topological polar surface area (TPSA) is 40.5 Å². The summed E-state index contributed by atoms with van der Waals surface area (Å²) in [4.78, 5) is 0. The normalized spacial score (nSPS) is 40.3. The highest BCUT2D eigenvalue weighted by molar-refractivity contribution is 5.40. The number of phenolic OH excluding ortho intramolecular Hbond substituents is 1. The SMILES string of the molecule is C#CCC[C@H]1C[C@]2(C)[C@@H](O)CC[C@H]2[C@@H]2CCc3cc(O)ccc3[C@@H]12. The number of hydrogen-bond acceptors (Lipinski definition) is 2. The second-order valence-electron chi connectivity index (χ2n) is 8.52. The van der Waals surface area contributed by atoms with Crippen molar-refractivity contribution >= 4 is 0 Å². The van der Waals surface area contributed by atoms with E-state index >= 15 is 0 Å². The molecule has 4 rings (SSSR count). The molecule has 6 atom stereocenters. The Kier molecular flexibility index (Phi) is 3.88. The van der Waals surface area contributed by atoms with Crippen molar-refractivity contribution in [1.82, 2.24) is 0 Å². The number of aliphatic hydroxyl groups is 1. The first kappa shape index (κ1) is 16.0. The van der Waals surface area contributed by atoms with Crippen molar-refractivity contribution in [3.63, 3.8) is 0 Å². The Hall–Kier alpha value is -1.46. The lowest BCUT2D eigenvalue weighted by Gasteiger charge is -2.54. The van der Waals surface area contributed by atoms with E-state index in [1.165, 1.54) is 17.5 Å². The lowest BCUT2D eigenvalue weighted by atomic mass is 9.51. The zero-order valence-electron chi connectivity index (χ0n) is 14.5. The summed E-state index contributed by atoms with van der Waals surface area (Å²) in [5.74, 6) is 5.58. The molecule has 0 heterocycles. The molecule has 2 heteroatoms. The molecule has 2 saturated carbocycles. The van der Waals surface area contributed by atoms with Gasteiger partial charge >= 0.3 is 0 Å². The first-order chi connectivity index (χ1) is 11.5. The van der Waals surface area contributed by atoms with Crippen LogP contribution < -0.4 is 0 Å². The maximum atomic E-state index is 10.7. The van der Waals surface area contributed by atoms with Gasteiger partial charge in [0.15, 0.2) is 0 Å². The molecule has 0 bridgehead atoms. The fraction of sp³-hybridized carbons (Fsp3) is 0.636. The summed E-state index contributed by atoms with van der Waals surface area (Å²) in [5, 5.41) is 20.5. The van der Waals surface area contributed by atoms with E-state index in [-0.39, 0.29) is 11.5 Å². The van der Waals surface area contributed by atoms with Crippen LogP contribution in [0.5, 0.6) is 5.75 Å². The van der Waals surface area contributed by atoms with Gasteiger partial charge in [0.2, 0.25) is 0 Å². The van der Waals surface area contributed by atoms with Gasteiger partial charge in [-0.2, -0.15) is 0 Å². The molecule has 1 aromatic carbocycles.